The fourth-order valence-electron chi connectivity index (χ4n) is 2.16. The van der Waals surface area contributed by atoms with Crippen molar-refractivity contribution in [2.45, 2.75) is 45.3 Å². The van der Waals surface area contributed by atoms with Gasteiger partial charge in [-0.15, -0.1) is 0 Å². The zero-order chi connectivity index (χ0) is 14.7. The lowest BCUT2D eigenvalue weighted by Gasteiger charge is -2.28. The van der Waals surface area contributed by atoms with E-state index in [1.807, 2.05) is 19.9 Å². The molecule has 0 aliphatic heterocycles. The van der Waals surface area contributed by atoms with Gasteiger partial charge in [0.2, 0.25) is 5.91 Å². The van der Waals surface area contributed by atoms with Gasteiger partial charge in [-0.05, 0) is 44.4 Å². The van der Waals surface area contributed by atoms with Gasteiger partial charge in [0, 0.05) is 18.6 Å². The van der Waals surface area contributed by atoms with E-state index < -0.39 is 5.91 Å². The van der Waals surface area contributed by atoms with Crippen molar-refractivity contribution in [3.63, 3.8) is 0 Å². The standard InChI is InChI=1S/C15H22FN3O/c1-10(2)19(9-15(17)20)14-6-3-11(7-13(14)16)8-18-12-4-5-12/h3,6-7,10,12,18H,4-5,8-9H2,1-2H3,(H2,17,20). The third kappa shape index (κ3) is 3.93. The molecule has 0 saturated heterocycles. The van der Waals surface area contributed by atoms with Crippen molar-refractivity contribution in [3.8, 4) is 0 Å². The summed E-state index contributed by atoms with van der Waals surface area (Å²) in [4.78, 5) is 12.8. The van der Waals surface area contributed by atoms with Crippen molar-refractivity contribution in [1.29, 1.82) is 0 Å². The first kappa shape index (κ1) is 14.8. The molecule has 0 unspecified atom stereocenters. The average Bonchev–Trinajstić information content (AvgIpc) is 3.17. The number of hydrogen-bond donors (Lipinski definition) is 2. The first-order valence-corrected chi connectivity index (χ1v) is 7.04. The quantitative estimate of drug-likeness (QED) is 0.800. The van der Waals surface area contributed by atoms with Crippen LogP contribution in [0.25, 0.3) is 0 Å². The van der Waals surface area contributed by atoms with E-state index in [1.165, 1.54) is 18.9 Å². The van der Waals surface area contributed by atoms with Crippen molar-refractivity contribution in [2.75, 3.05) is 11.4 Å². The summed E-state index contributed by atoms with van der Waals surface area (Å²) >= 11 is 0. The summed E-state index contributed by atoms with van der Waals surface area (Å²) in [6, 6.07) is 5.75. The normalized spacial score (nSPS) is 14.6. The number of nitrogens with zero attached hydrogens (tertiary/aromatic N) is 1. The predicted octanol–water partition coefficient (Wildman–Crippen LogP) is 1.78. The van der Waals surface area contributed by atoms with Crippen LogP contribution in [-0.2, 0) is 11.3 Å². The SMILES string of the molecule is CC(C)N(CC(N)=O)c1ccc(CNC2CC2)cc1F. The van der Waals surface area contributed by atoms with E-state index >= 15 is 0 Å². The minimum Gasteiger partial charge on any atom is -0.368 e. The zero-order valence-corrected chi connectivity index (χ0v) is 12.0. The highest BCUT2D eigenvalue weighted by atomic mass is 19.1. The van der Waals surface area contributed by atoms with E-state index in [0.717, 1.165) is 5.56 Å². The molecule has 5 heteroatoms. The van der Waals surface area contributed by atoms with E-state index in [9.17, 15) is 9.18 Å². The molecule has 1 aromatic carbocycles. The molecule has 1 fully saturated rings. The summed E-state index contributed by atoms with van der Waals surface area (Å²) in [7, 11) is 0. The summed E-state index contributed by atoms with van der Waals surface area (Å²) < 4.78 is 14.2. The molecule has 20 heavy (non-hydrogen) atoms. The van der Waals surface area contributed by atoms with Gasteiger partial charge < -0.3 is 16.0 Å². The Bertz CT molecular complexity index is 486. The minimum absolute atomic E-state index is 0.00689. The topological polar surface area (TPSA) is 58.4 Å². The molecule has 0 spiro atoms. The number of rotatable bonds is 7. The Balaban J connectivity index is 2.10. The first-order chi connectivity index (χ1) is 9.47. The van der Waals surface area contributed by atoms with E-state index in [0.29, 0.717) is 18.3 Å². The molecule has 110 valence electrons. The Morgan fingerprint density at radius 3 is 2.70 bits per heavy atom. The fraction of sp³-hybridized carbons (Fsp3) is 0.533. The van der Waals surface area contributed by atoms with E-state index in [-0.39, 0.29) is 18.4 Å². The van der Waals surface area contributed by atoms with E-state index in [2.05, 4.69) is 5.32 Å². The molecule has 2 rings (SSSR count). The molecule has 0 radical (unpaired) electrons. The molecule has 1 amide bonds. The number of halogens is 1. The van der Waals surface area contributed by atoms with Crippen molar-refractivity contribution in [3.05, 3.63) is 29.6 Å². The molecule has 1 aromatic rings. The molecule has 1 aliphatic carbocycles. The number of carbonyl (C=O) groups is 1. The van der Waals surface area contributed by atoms with Crippen LogP contribution in [0.4, 0.5) is 10.1 Å². The van der Waals surface area contributed by atoms with Crippen LogP contribution in [0.3, 0.4) is 0 Å². The number of nitrogens with two attached hydrogens (primary N) is 1. The molecule has 0 atom stereocenters. The van der Waals surface area contributed by atoms with E-state index in [1.54, 1.807) is 11.0 Å². The minimum atomic E-state index is -0.461. The highest BCUT2D eigenvalue weighted by molar-refractivity contribution is 5.79. The molecular weight excluding hydrogens is 257 g/mol. The molecule has 0 heterocycles. The lowest BCUT2D eigenvalue weighted by Crippen LogP contribution is -2.39. The van der Waals surface area contributed by atoms with Gasteiger partial charge in [0.15, 0.2) is 0 Å². The van der Waals surface area contributed by atoms with Crippen molar-refractivity contribution >= 4 is 11.6 Å². The number of benzene rings is 1. The molecule has 1 saturated carbocycles. The van der Waals surface area contributed by atoms with Gasteiger partial charge in [0.05, 0.1) is 12.2 Å². The highest BCUT2D eigenvalue weighted by Crippen LogP contribution is 2.24. The van der Waals surface area contributed by atoms with Gasteiger partial charge in [-0.2, -0.15) is 0 Å². The second kappa shape index (κ2) is 6.22. The van der Waals surface area contributed by atoms with Gasteiger partial charge in [-0.1, -0.05) is 6.07 Å². The average molecular weight is 279 g/mol. The lowest BCUT2D eigenvalue weighted by atomic mass is 10.1. The van der Waals surface area contributed by atoms with Crippen LogP contribution in [0.15, 0.2) is 18.2 Å². The van der Waals surface area contributed by atoms with Gasteiger partial charge >= 0.3 is 0 Å². The summed E-state index contributed by atoms with van der Waals surface area (Å²) in [5.74, 6) is -0.771. The number of hydrogen-bond acceptors (Lipinski definition) is 3. The van der Waals surface area contributed by atoms with Gasteiger partial charge in [0.1, 0.15) is 5.82 Å². The molecule has 0 aromatic heterocycles. The monoisotopic (exact) mass is 279 g/mol. The smallest absolute Gasteiger partial charge is 0.236 e. The molecule has 1 aliphatic rings. The highest BCUT2D eigenvalue weighted by Gasteiger charge is 2.21. The third-order valence-electron chi connectivity index (χ3n) is 3.44. The summed E-state index contributed by atoms with van der Waals surface area (Å²) in [6.07, 6.45) is 2.42. The molecule has 4 nitrogen and oxygen atoms in total. The first-order valence-electron chi connectivity index (χ1n) is 7.04. The second-order valence-electron chi connectivity index (χ2n) is 5.63. The van der Waals surface area contributed by atoms with Crippen LogP contribution in [-0.4, -0.2) is 24.5 Å². The van der Waals surface area contributed by atoms with Crippen molar-refractivity contribution in [2.24, 2.45) is 5.73 Å². The summed E-state index contributed by atoms with van der Waals surface area (Å²) in [5.41, 5.74) is 6.57. The van der Waals surface area contributed by atoms with Crippen LogP contribution in [0.2, 0.25) is 0 Å². The van der Waals surface area contributed by atoms with Crippen molar-refractivity contribution in [1.82, 2.24) is 5.32 Å². The Morgan fingerprint density at radius 1 is 1.50 bits per heavy atom. The van der Waals surface area contributed by atoms with Crippen LogP contribution in [0.5, 0.6) is 0 Å². The summed E-state index contributed by atoms with van der Waals surface area (Å²) in [5, 5.41) is 3.35. The molecule has 3 N–H and O–H groups in total. The number of amides is 1. The predicted molar refractivity (Wildman–Crippen MR) is 77.9 cm³/mol. The van der Waals surface area contributed by atoms with Gasteiger partial charge in [-0.3, -0.25) is 4.79 Å². The van der Waals surface area contributed by atoms with Crippen LogP contribution in [0.1, 0.15) is 32.3 Å². The van der Waals surface area contributed by atoms with Crippen LogP contribution < -0.4 is 16.0 Å². The van der Waals surface area contributed by atoms with Crippen LogP contribution in [0, 0.1) is 5.82 Å². The largest absolute Gasteiger partial charge is 0.368 e. The molecule has 0 bridgehead atoms. The zero-order valence-electron chi connectivity index (χ0n) is 12.0. The maximum absolute atomic E-state index is 14.2. The number of nitrogens with one attached hydrogen (secondary N) is 1. The maximum atomic E-state index is 14.2. The Labute approximate surface area is 119 Å². The Hall–Kier alpha value is -1.62. The molecular formula is C15H22FN3O. The number of anilines is 1. The third-order valence-corrected chi connectivity index (χ3v) is 3.44. The number of primary amides is 1. The van der Waals surface area contributed by atoms with Gasteiger partial charge in [-0.25, -0.2) is 4.39 Å². The van der Waals surface area contributed by atoms with Crippen LogP contribution >= 0.6 is 0 Å². The Kier molecular flexibility index (Phi) is 4.60. The Morgan fingerprint density at radius 2 is 2.20 bits per heavy atom. The fourth-order valence-corrected chi connectivity index (χ4v) is 2.16. The number of carbonyl (C=O) groups excluding carboxylic acids is 1. The van der Waals surface area contributed by atoms with Gasteiger partial charge in [0.25, 0.3) is 0 Å². The lowest BCUT2D eigenvalue weighted by molar-refractivity contribution is -0.116. The van der Waals surface area contributed by atoms with Crippen molar-refractivity contribution < 1.29 is 9.18 Å². The summed E-state index contributed by atoms with van der Waals surface area (Å²) in [6.45, 7) is 4.52. The maximum Gasteiger partial charge on any atom is 0.236 e. The van der Waals surface area contributed by atoms with E-state index in [4.69, 9.17) is 5.73 Å². The second-order valence-corrected chi connectivity index (χ2v) is 5.63.